The number of hydrogen-bond acceptors (Lipinski definition) is 2. The SMILES string of the molecule is CC[C@@H](NC(=O)[C@H](C)Oc1cccc2ccccc12)c1ccc(C)c(C)c1. The highest BCUT2D eigenvalue weighted by Gasteiger charge is 2.20. The molecule has 1 amide bonds. The zero-order valence-electron chi connectivity index (χ0n) is 16.5. The van der Waals surface area contributed by atoms with Gasteiger partial charge in [0, 0.05) is 5.39 Å². The van der Waals surface area contributed by atoms with Crippen molar-refractivity contribution in [2.75, 3.05) is 0 Å². The molecule has 0 radical (unpaired) electrons. The van der Waals surface area contributed by atoms with Crippen molar-refractivity contribution in [3.63, 3.8) is 0 Å². The third-order valence-corrected chi connectivity index (χ3v) is 5.08. The van der Waals surface area contributed by atoms with E-state index in [0.717, 1.165) is 28.5 Å². The van der Waals surface area contributed by atoms with Gasteiger partial charge in [0.1, 0.15) is 5.75 Å². The van der Waals surface area contributed by atoms with Gasteiger partial charge in [-0.25, -0.2) is 0 Å². The number of rotatable bonds is 6. The standard InChI is InChI=1S/C24H27NO2/c1-5-22(20-14-13-16(2)17(3)15-20)25-24(26)18(4)27-23-12-8-10-19-9-6-7-11-21(19)23/h6-15,18,22H,5H2,1-4H3,(H,25,26)/t18-,22+/m0/s1. The Morgan fingerprint density at radius 3 is 2.48 bits per heavy atom. The van der Waals surface area contributed by atoms with E-state index >= 15 is 0 Å². The molecule has 0 saturated carbocycles. The van der Waals surface area contributed by atoms with Gasteiger partial charge in [-0.1, -0.05) is 61.5 Å². The summed E-state index contributed by atoms with van der Waals surface area (Å²) in [7, 11) is 0. The summed E-state index contributed by atoms with van der Waals surface area (Å²) in [5.41, 5.74) is 3.62. The summed E-state index contributed by atoms with van der Waals surface area (Å²) >= 11 is 0. The minimum absolute atomic E-state index is 0.0182. The molecule has 3 rings (SSSR count). The fourth-order valence-electron chi connectivity index (χ4n) is 3.23. The molecule has 140 valence electrons. The average Bonchev–Trinajstić information content (AvgIpc) is 2.68. The summed E-state index contributed by atoms with van der Waals surface area (Å²) in [6, 6.07) is 20.3. The number of carbonyl (C=O) groups is 1. The Morgan fingerprint density at radius 1 is 1.00 bits per heavy atom. The Bertz CT molecular complexity index is 943. The van der Waals surface area contributed by atoms with Crippen molar-refractivity contribution < 1.29 is 9.53 Å². The second-order valence-electron chi connectivity index (χ2n) is 7.05. The van der Waals surface area contributed by atoms with Crippen LogP contribution in [0.15, 0.2) is 60.7 Å². The lowest BCUT2D eigenvalue weighted by Gasteiger charge is -2.22. The van der Waals surface area contributed by atoms with Crippen LogP contribution in [0.5, 0.6) is 5.75 Å². The number of benzene rings is 3. The van der Waals surface area contributed by atoms with Crippen LogP contribution in [-0.4, -0.2) is 12.0 Å². The molecule has 0 saturated heterocycles. The van der Waals surface area contributed by atoms with E-state index in [4.69, 9.17) is 4.74 Å². The van der Waals surface area contributed by atoms with Gasteiger partial charge in [0.05, 0.1) is 6.04 Å². The molecule has 2 atom stereocenters. The van der Waals surface area contributed by atoms with Gasteiger partial charge in [0.25, 0.3) is 5.91 Å². The fourth-order valence-corrected chi connectivity index (χ4v) is 3.23. The van der Waals surface area contributed by atoms with Crippen molar-refractivity contribution in [2.24, 2.45) is 0 Å². The monoisotopic (exact) mass is 361 g/mol. The third kappa shape index (κ3) is 4.30. The summed E-state index contributed by atoms with van der Waals surface area (Å²) in [4.78, 5) is 12.7. The molecule has 3 nitrogen and oxygen atoms in total. The quantitative estimate of drug-likeness (QED) is 0.630. The van der Waals surface area contributed by atoms with Crippen molar-refractivity contribution in [3.05, 3.63) is 77.4 Å². The summed E-state index contributed by atoms with van der Waals surface area (Å²) in [6.07, 6.45) is 0.256. The highest BCUT2D eigenvalue weighted by molar-refractivity contribution is 5.89. The molecule has 0 aromatic heterocycles. The normalized spacial score (nSPS) is 13.2. The van der Waals surface area contributed by atoms with Crippen molar-refractivity contribution in [1.82, 2.24) is 5.32 Å². The van der Waals surface area contributed by atoms with Gasteiger partial charge < -0.3 is 10.1 Å². The summed E-state index contributed by atoms with van der Waals surface area (Å²) < 4.78 is 6.00. The van der Waals surface area contributed by atoms with Gasteiger partial charge >= 0.3 is 0 Å². The second-order valence-corrected chi connectivity index (χ2v) is 7.05. The van der Waals surface area contributed by atoms with Crippen molar-refractivity contribution in [2.45, 2.75) is 46.3 Å². The van der Waals surface area contributed by atoms with Crippen LogP contribution >= 0.6 is 0 Å². The summed E-state index contributed by atoms with van der Waals surface area (Å²) in [5, 5.41) is 5.25. The van der Waals surface area contributed by atoms with E-state index in [9.17, 15) is 4.79 Å². The molecular weight excluding hydrogens is 334 g/mol. The number of nitrogens with one attached hydrogen (secondary N) is 1. The maximum absolute atomic E-state index is 12.7. The first-order chi connectivity index (χ1) is 13.0. The van der Waals surface area contributed by atoms with E-state index in [1.165, 1.54) is 11.1 Å². The average molecular weight is 361 g/mol. The number of carbonyl (C=O) groups excluding carboxylic acids is 1. The third-order valence-electron chi connectivity index (χ3n) is 5.08. The van der Waals surface area contributed by atoms with Crippen LogP contribution in [0.3, 0.4) is 0 Å². The Morgan fingerprint density at radius 2 is 1.74 bits per heavy atom. The number of aryl methyl sites for hydroxylation is 2. The number of amides is 1. The van der Waals surface area contributed by atoms with Gasteiger partial charge in [0.15, 0.2) is 6.10 Å². The molecule has 0 aliphatic rings. The van der Waals surface area contributed by atoms with Crippen molar-refractivity contribution in [3.8, 4) is 5.75 Å². The molecule has 3 aromatic carbocycles. The van der Waals surface area contributed by atoms with Crippen LogP contribution in [0.1, 0.15) is 43.0 Å². The lowest BCUT2D eigenvalue weighted by Crippen LogP contribution is -2.38. The number of ether oxygens (including phenoxy) is 1. The molecule has 1 N–H and O–H groups in total. The second kappa shape index (κ2) is 8.26. The Labute approximate surface area is 161 Å². The predicted octanol–water partition coefficient (Wildman–Crippen LogP) is 5.49. The lowest BCUT2D eigenvalue weighted by molar-refractivity contribution is -0.128. The molecule has 0 fully saturated rings. The molecule has 0 aliphatic heterocycles. The first kappa shape index (κ1) is 19.0. The largest absolute Gasteiger partial charge is 0.480 e. The highest BCUT2D eigenvalue weighted by Crippen LogP contribution is 2.26. The molecule has 0 unspecified atom stereocenters. The molecule has 0 spiro atoms. The summed E-state index contributed by atoms with van der Waals surface area (Å²) in [5.74, 6) is 0.628. The van der Waals surface area contributed by atoms with Gasteiger partial charge in [-0.3, -0.25) is 4.79 Å². The molecule has 0 bridgehead atoms. The minimum Gasteiger partial charge on any atom is -0.480 e. The van der Waals surface area contributed by atoms with E-state index < -0.39 is 6.10 Å². The van der Waals surface area contributed by atoms with E-state index in [1.54, 1.807) is 6.92 Å². The van der Waals surface area contributed by atoms with Crippen molar-refractivity contribution in [1.29, 1.82) is 0 Å². The Balaban J connectivity index is 1.73. The number of fused-ring (bicyclic) bond motifs is 1. The van der Waals surface area contributed by atoms with Gasteiger partial charge in [0.2, 0.25) is 0 Å². The van der Waals surface area contributed by atoms with Gasteiger partial charge in [-0.05, 0) is 55.3 Å². The van der Waals surface area contributed by atoms with E-state index in [-0.39, 0.29) is 11.9 Å². The smallest absolute Gasteiger partial charge is 0.261 e. The Kier molecular flexibility index (Phi) is 5.80. The zero-order valence-corrected chi connectivity index (χ0v) is 16.5. The molecule has 3 aromatic rings. The van der Waals surface area contributed by atoms with E-state index in [2.05, 4.69) is 44.3 Å². The van der Waals surface area contributed by atoms with Crippen LogP contribution in [0.4, 0.5) is 0 Å². The van der Waals surface area contributed by atoms with Crippen LogP contribution in [0.25, 0.3) is 10.8 Å². The topological polar surface area (TPSA) is 38.3 Å². The lowest BCUT2D eigenvalue weighted by atomic mass is 9.99. The maximum Gasteiger partial charge on any atom is 0.261 e. The molecular formula is C24H27NO2. The van der Waals surface area contributed by atoms with Gasteiger partial charge in [-0.2, -0.15) is 0 Å². The highest BCUT2D eigenvalue weighted by atomic mass is 16.5. The van der Waals surface area contributed by atoms with Gasteiger partial charge in [-0.15, -0.1) is 0 Å². The van der Waals surface area contributed by atoms with E-state index in [1.807, 2.05) is 42.5 Å². The van der Waals surface area contributed by atoms with Crippen molar-refractivity contribution >= 4 is 16.7 Å². The first-order valence-corrected chi connectivity index (χ1v) is 9.51. The molecule has 0 aliphatic carbocycles. The zero-order chi connectivity index (χ0) is 19.4. The summed E-state index contributed by atoms with van der Waals surface area (Å²) in [6.45, 7) is 8.07. The maximum atomic E-state index is 12.7. The predicted molar refractivity (Wildman–Crippen MR) is 111 cm³/mol. The van der Waals surface area contributed by atoms with Crippen LogP contribution in [0.2, 0.25) is 0 Å². The molecule has 27 heavy (non-hydrogen) atoms. The van der Waals surface area contributed by atoms with Crippen LogP contribution in [0, 0.1) is 13.8 Å². The van der Waals surface area contributed by atoms with E-state index in [0.29, 0.717) is 0 Å². The van der Waals surface area contributed by atoms with Crippen LogP contribution < -0.4 is 10.1 Å². The minimum atomic E-state index is -0.573. The molecule has 0 heterocycles. The Hall–Kier alpha value is -2.81. The molecule has 3 heteroatoms. The number of hydrogen-bond donors (Lipinski definition) is 1. The fraction of sp³-hybridized carbons (Fsp3) is 0.292. The first-order valence-electron chi connectivity index (χ1n) is 9.51. The van der Waals surface area contributed by atoms with Crippen LogP contribution in [-0.2, 0) is 4.79 Å².